The zero-order valence-electron chi connectivity index (χ0n) is 17.8. The minimum atomic E-state index is -0.538. The van der Waals surface area contributed by atoms with Gasteiger partial charge in [-0.15, -0.1) is 0 Å². The molecule has 0 radical (unpaired) electrons. The van der Waals surface area contributed by atoms with Gasteiger partial charge in [0.25, 0.3) is 5.91 Å². The van der Waals surface area contributed by atoms with Crippen molar-refractivity contribution in [1.82, 2.24) is 14.8 Å². The monoisotopic (exact) mass is 408 g/mol. The molecule has 7 heteroatoms. The number of anilines is 1. The number of hydrogen-bond donors (Lipinski definition) is 0. The Kier molecular flexibility index (Phi) is 5.72. The zero-order valence-corrected chi connectivity index (χ0v) is 17.8. The smallest absolute Gasteiger partial charge is 0.281 e. The molecule has 2 amide bonds. The van der Waals surface area contributed by atoms with Crippen LogP contribution in [0.25, 0.3) is 0 Å². The third-order valence-corrected chi connectivity index (χ3v) is 5.98. The number of aromatic nitrogens is 1. The van der Waals surface area contributed by atoms with E-state index in [-0.39, 0.29) is 17.5 Å². The highest BCUT2D eigenvalue weighted by Gasteiger charge is 2.39. The zero-order chi connectivity index (χ0) is 21.3. The Bertz CT molecular complexity index is 953. The number of rotatable bonds is 3. The third-order valence-electron chi connectivity index (χ3n) is 5.98. The molecule has 0 aliphatic carbocycles. The second kappa shape index (κ2) is 8.44. The van der Waals surface area contributed by atoms with Crippen LogP contribution in [0.3, 0.4) is 0 Å². The van der Waals surface area contributed by atoms with Crippen molar-refractivity contribution in [2.45, 2.75) is 25.8 Å². The van der Waals surface area contributed by atoms with E-state index in [0.29, 0.717) is 25.3 Å². The Hall–Kier alpha value is -2.93. The summed E-state index contributed by atoms with van der Waals surface area (Å²) < 4.78 is 5.44. The number of amides is 2. The van der Waals surface area contributed by atoms with Crippen LogP contribution in [-0.4, -0.2) is 73.0 Å². The average molecular weight is 409 g/mol. The number of piperazine rings is 1. The van der Waals surface area contributed by atoms with Crippen LogP contribution in [0.2, 0.25) is 0 Å². The second-order valence-electron chi connectivity index (χ2n) is 8.05. The molecule has 30 heavy (non-hydrogen) atoms. The molecular weight excluding hydrogens is 380 g/mol. The number of pyridine rings is 1. The molecule has 158 valence electrons. The lowest BCUT2D eigenvalue weighted by Gasteiger charge is -2.40. The maximum atomic E-state index is 13.7. The van der Waals surface area contributed by atoms with E-state index in [9.17, 15) is 9.59 Å². The van der Waals surface area contributed by atoms with E-state index < -0.39 is 6.04 Å². The quantitative estimate of drug-likeness (QED) is 0.779. The molecule has 1 aromatic heterocycles. The first kappa shape index (κ1) is 20.3. The molecule has 1 atom stereocenters. The lowest BCUT2D eigenvalue weighted by Crippen LogP contribution is -2.57. The highest BCUT2D eigenvalue weighted by Crippen LogP contribution is 2.34. The Morgan fingerprint density at radius 3 is 2.60 bits per heavy atom. The molecule has 0 spiro atoms. The number of hydrogen-bond acceptors (Lipinski definition) is 5. The van der Waals surface area contributed by atoms with Gasteiger partial charge in [-0.2, -0.15) is 0 Å². The van der Waals surface area contributed by atoms with Crippen LogP contribution < -0.4 is 9.64 Å². The standard InChI is InChI=1S/C23H28N4O3/c1-16-14-20(30-3)21(24-15-16)23(29)27-18-7-5-4-6-17(18)8-9-19(27)22(28)26-12-10-25(2)11-13-26/h4-7,14-15,19H,8-13H2,1-3H3. The van der Waals surface area contributed by atoms with Gasteiger partial charge in [0.05, 0.1) is 7.11 Å². The molecule has 2 aliphatic rings. The van der Waals surface area contributed by atoms with Gasteiger partial charge in [0.1, 0.15) is 11.8 Å². The van der Waals surface area contributed by atoms with Crippen molar-refractivity contribution in [3.05, 3.63) is 53.3 Å². The van der Waals surface area contributed by atoms with Crippen LogP contribution in [-0.2, 0) is 11.2 Å². The summed E-state index contributed by atoms with van der Waals surface area (Å²) in [6, 6.07) is 9.07. The largest absolute Gasteiger partial charge is 0.494 e. The van der Waals surface area contributed by atoms with Crippen molar-refractivity contribution in [1.29, 1.82) is 0 Å². The number of carbonyl (C=O) groups excluding carboxylic acids is 2. The summed E-state index contributed by atoms with van der Waals surface area (Å²) >= 11 is 0. The fourth-order valence-electron chi connectivity index (χ4n) is 4.24. The van der Waals surface area contributed by atoms with E-state index in [1.54, 1.807) is 17.2 Å². The molecule has 2 aliphatic heterocycles. The Morgan fingerprint density at radius 1 is 1.13 bits per heavy atom. The molecule has 2 aromatic rings. The lowest BCUT2D eigenvalue weighted by atomic mass is 9.94. The number of para-hydroxylation sites is 1. The molecule has 0 bridgehead atoms. The highest BCUT2D eigenvalue weighted by molar-refractivity contribution is 6.11. The van der Waals surface area contributed by atoms with Gasteiger partial charge in [0.15, 0.2) is 5.69 Å². The fraction of sp³-hybridized carbons (Fsp3) is 0.435. The van der Waals surface area contributed by atoms with Crippen molar-refractivity contribution in [2.24, 2.45) is 0 Å². The van der Waals surface area contributed by atoms with Crippen molar-refractivity contribution in [3.63, 3.8) is 0 Å². The number of nitrogens with zero attached hydrogens (tertiary/aromatic N) is 4. The van der Waals surface area contributed by atoms with Crippen molar-refractivity contribution < 1.29 is 14.3 Å². The first-order valence-electron chi connectivity index (χ1n) is 10.4. The first-order chi connectivity index (χ1) is 14.5. The van der Waals surface area contributed by atoms with Crippen molar-refractivity contribution >= 4 is 17.5 Å². The van der Waals surface area contributed by atoms with Crippen LogP contribution in [0.15, 0.2) is 36.5 Å². The second-order valence-corrected chi connectivity index (χ2v) is 8.05. The molecule has 1 aromatic carbocycles. The summed E-state index contributed by atoms with van der Waals surface area (Å²) in [6.45, 7) is 4.95. The average Bonchev–Trinajstić information content (AvgIpc) is 2.77. The molecular formula is C23H28N4O3. The summed E-state index contributed by atoms with van der Waals surface area (Å²) in [5.74, 6) is 0.136. The Morgan fingerprint density at radius 2 is 1.87 bits per heavy atom. The molecule has 1 unspecified atom stereocenters. The minimum Gasteiger partial charge on any atom is -0.494 e. The Balaban J connectivity index is 1.72. The van der Waals surface area contributed by atoms with Crippen molar-refractivity contribution in [2.75, 3.05) is 45.2 Å². The molecule has 1 saturated heterocycles. The van der Waals surface area contributed by atoms with Gasteiger partial charge in [0, 0.05) is 38.1 Å². The normalized spacial score (nSPS) is 19.4. The van der Waals surface area contributed by atoms with Gasteiger partial charge in [-0.25, -0.2) is 4.98 Å². The van der Waals surface area contributed by atoms with Crippen LogP contribution >= 0.6 is 0 Å². The SMILES string of the molecule is COc1cc(C)cnc1C(=O)N1c2ccccc2CCC1C(=O)N1CCN(C)CC1. The van der Waals surface area contributed by atoms with Gasteiger partial charge in [-0.1, -0.05) is 18.2 Å². The summed E-state index contributed by atoms with van der Waals surface area (Å²) in [6.07, 6.45) is 3.02. The number of benzene rings is 1. The predicted octanol–water partition coefficient (Wildman–Crippen LogP) is 2.13. The van der Waals surface area contributed by atoms with E-state index in [2.05, 4.69) is 16.9 Å². The van der Waals surface area contributed by atoms with Crippen LogP contribution in [0.1, 0.15) is 28.0 Å². The van der Waals surface area contributed by atoms with E-state index in [1.807, 2.05) is 36.1 Å². The lowest BCUT2D eigenvalue weighted by molar-refractivity contribution is -0.134. The van der Waals surface area contributed by atoms with E-state index in [4.69, 9.17) is 4.74 Å². The molecule has 3 heterocycles. The molecule has 4 rings (SSSR count). The first-order valence-corrected chi connectivity index (χ1v) is 10.4. The van der Waals surface area contributed by atoms with E-state index in [0.717, 1.165) is 36.3 Å². The maximum Gasteiger partial charge on any atom is 0.281 e. The molecule has 1 fully saturated rings. The van der Waals surface area contributed by atoms with Crippen LogP contribution in [0.5, 0.6) is 5.75 Å². The highest BCUT2D eigenvalue weighted by atomic mass is 16.5. The summed E-state index contributed by atoms with van der Waals surface area (Å²) in [7, 11) is 3.59. The van der Waals surface area contributed by atoms with Gasteiger partial charge in [0.2, 0.25) is 5.91 Å². The summed E-state index contributed by atoms with van der Waals surface area (Å²) in [4.78, 5) is 37.3. The van der Waals surface area contributed by atoms with Gasteiger partial charge < -0.3 is 14.5 Å². The van der Waals surface area contributed by atoms with Crippen LogP contribution in [0, 0.1) is 6.92 Å². The molecule has 0 N–H and O–H groups in total. The molecule has 7 nitrogen and oxygen atoms in total. The topological polar surface area (TPSA) is 66.0 Å². The van der Waals surface area contributed by atoms with Gasteiger partial charge in [-0.05, 0) is 50.1 Å². The number of fused-ring (bicyclic) bond motifs is 1. The minimum absolute atomic E-state index is 0.0111. The summed E-state index contributed by atoms with van der Waals surface area (Å²) in [5, 5.41) is 0. The number of methoxy groups -OCH3 is 1. The number of carbonyl (C=O) groups is 2. The number of aryl methyl sites for hydroxylation is 2. The number of likely N-dealkylation sites (N-methyl/N-ethyl adjacent to an activating group) is 1. The van der Waals surface area contributed by atoms with E-state index >= 15 is 0 Å². The molecule has 0 saturated carbocycles. The van der Waals surface area contributed by atoms with Gasteiger partial charge in [-0.3, -0.25) is 14.5 Å². The van der Waals surface area contributed by atoms with Crippen LogP contribution in [0.4, 0.5) is 5.69 Å². The predicted molar refractivity (Wildman–Crippen MR) is 115 cm³/mol. The number of ether oxygens (including phenoxy) is 1. The van der Waals surface area contributed by atoms with E-state index in [1.165, 1.54) is 7.11 Å². The fourth-order valence-corrected chi connectivity index (χ4v) is 4.24. The third kappa shape index (κ3) is 3.77. The van der Waals surface area contributed by atoms with Crippen molar-refractivity contribution in [3.8, 4) is 5.75 Å². The maximum absolute atomic E-state index is 13.7. The Labute approximate surface area is 177 Å². The van der Waals surface area contributed by atoms with Gasteiger partial charge >= 0.3 is 0 Å². The summed E-state index contributed by atoms with van der Waals surface area (Å²) in [5.41, 5.74) is 2.99.